The summed E-state index contributed by atoms with van der Waals surface area (Å²) in [5.74, 6) is 2.96. The third-order valence-corrected chi connectivity index (χ3v) is 3.18. The molecule has 3 rings (SSSR count). The number of benzene rings is 1. The quantitative estimate of drug-likeness (QED) is 0.776. The van der Waals surface area contributed by atoms with E-state index in [9.17, 15) is 0 Å². The summed E-state index contributed by atoms with van der Waals surface area (Å²) in [6.45, 7) is 2.47. The fourth-order valence-electron chi connectivity index (χ4n) is 2.16. The molecule has 0 aliphatic heterocycles. The summed E-state index contributed by atoms with van der Waals surface area (Å²) in [6, 6.07) is 7.88. The van der Waals surface area contributed by atoms with Crippen LogP contribution < -0.4 is 10.1 Å². The lowest BCUT2D eigenvalue weighted by Gasteiger charge is -2.08. The molecule has 1 N–H and O–H groups in total. The molecule has 0 spiro atoms. The van der Waals surface area contributed by atoms with E-state index in [2.05, 4.69) is 20.4 Å². The average Bonchev–Trinajstić information content (AvgIpc) is 2.92. The molecular formula is C15H16N4O2. The number of rotatable bonds is 5. The Morgan fingerprint density at radius 3 is 2.95 bits per heavy atom. The molecule has 3 aromatic rings. The molecular weight excluding hydrogens is 268 g/mol. The number of pyridine rings is 1. The second-order valence-corrected chi connectivity index (χ2v) is 4.65. The molecule has 2 heterocycles. The molecule has 2 aromatic heterocycles. The first-order valence-corrected chi connectivity index (χ1v) is 6.72. The molecule has 0 aliphatic carbocycles. The van der Waals surface area contributed by atoms with Crippen molar-refractivity contribution in [2.45, 2.75) is 13.3 Å². The van der Waals surface area contributed by atoms with Crippen molar-refractivity contribution >= 4 is 16.6 Å². The summed E-state index contributed by atoms with van der Waals surface area (Å²) in [5, 5.41) is 9.32. The summed E-state index contributed by atoms with van der Waals surface area (Å²) in [5.41, 5.74) is 0. The predicted octanol–water partition coefficient (Wildman–Crippen LogP) is 2.59. The Balaban J connectivity index is 1.74. The smallest absolute Gasteiger partial charge is 0.223 e. The second-order valence-electron chi connectivity index (χ2n) is 4.65. The van der Waals surface area contributed by atoms with Gasteiger partial charge >= 0.3 is 0 Å². The lowest BCUT2D eigenvalue weighted by Crippen LogP contribution is -2.07. The zero-order valence-electron chi connectivity index (χ0n) is 12.0. The van der Waals surface area contributed by atoms with Crippen LogP contribution in [0.5, 0.6) is 5.75 Å². The van der Waals surface area contributed by atoms with Crippen molar-refractivity contribution in [3.8, 4) is 5.75 Å². The van der Waals surface area contributed by atoms with Gasteiger partial charge in [0, 0.05) is 31.5 Å². The van der Waals surface area contributed by atoms with Gasteiger partial charge in [-0.3, -0.25) is 0 Å². The number of aryl methyl sites for hydroxylation is 1. The van der Waals surface area contributed by atoms with E-state index >= 15 is 0 Å². The molecule has 0 bridgehead atoms. The highest BCUT2D eigenvalue weighted by atomic mass is 16.5. The molecule has 1 aromatic carbocycles. The van der Waals surface area contributed by atoms with Gasteiger partial charge in [-0.25, -0.2) is 4.98 Å². The molecule has 108 valence electrons. The summed E-state index contributed by atoms with van der Waals surface area (Å²) in [4.78, 5) is 8.55. The van der Waals surface area contributed by atoms with Crippen LogP contribution in [-0.4, -0.2) is 28.8 Å². The molecule has 0 fully saturated rings. The monoisotopic (exact) mass is 284 g/mol. The summed E-state index contributed by atoms with van der Waals surface area (Å²) in [7, 11) is 1.66. The van der Waals surface area contributed by atoms with E-state index in [0.717, 1.165) is 22.3 Å². The van der Waals surface area contributed by atoms with E-state index in [1.165, 1.54) is 0 Å². The average molecular weight is 284 g/mol. The van der Waals surface area contributed by atoms with Gasteiger partial charge in [0.05, 0.1) is 7.11 Å². The van der Waals surface area contributed by atoms with Gasteiger partial charge in [0.2, 0.25) is 5.89 Å². The fourth-order valence-corrected chi connectivity index (χ4v) is 2.16. The molecule has 0 saturated heterocycles. The van der Waals surface area contributed by atoms with E-state index in [-0.39, 0.29) is 0 Å². The normalized spacial score (nSPS) is 10.8. The molecule has 21 heavy (non-hydrogen) atoms. The maximum atomic E-state index is 5.24. The number of fused-ring (bicyclic) bond motifs is 1. The first-order chi connectivity index (χ1) is 10.3. The fraction of sp³-hybridized carbons (Fsp3) is 0.267. The Morgan fingerprint density at radius 2 is 2.19 bits per heavy atom. The molecule has 0 amide bonds. The summed E-state index contributed by atoms with van der Waals surface area (Å²) < 4.78 is 10.2. The molecule has 0 unspecified atom stereocenters. The van der Waals surface area contributed by atoms with Gasteiger partial charge in [-0.1, -0.05) is 5.16 Å². The lowest BCUT2D eigenvalue weighted by molar-refractivity contribution is 0.387. The SMILES string of the molecule is COc1ccc2c(NCCc3noc(C)n3)nccc2c1. The van der Waals surface area contributed by atoms with Crippen LogP contribution in [-0.2, 0) is 6.42 Å². The van der Waals surface area contributed by atoms with Crippen molar-refractivity contribution < 1.29 is 9.26 Å². The second kappa shape index (κ2) is 5.78. The van der Waals surface area contributed by atoms with Gasteiger partial charge in [0.15, 0.2) is 5.82 Å². The van der Waals surface area contributed by atoms with Crippen molar-refractivity contribution in [1.82, 2.24) is 15.1 Å². The van der Waals surface area contributed by atoms with E-state index < -0.39 is 0 Å². The van der Waals surface area contributed by atoms with E-state index in [4.69, 9.17) is 9.26 Å². The van der Waals surface area contributed by atoms with Crippen LogP contribution in [0.25, 0.3) is 10.8 Å². The summed E-state index contributed by atoms with van der Waals surface area (Å²) >= 11 is 0. The van der Waals surface area contributed by atoms with Crippen LogP contribution in [0, 0.1) is 6.92 Å². The Hall–Kier alpha value is -2.63. The number of anilines is 1. The van der Waals surface area contributed by atoms with Gasteiger partial charge in [-0.2, -0.15) is 4.98 Å². The van der Waals surface area contributed by atoms with Gasteiger partial charge in [-0.05, 0) is 29.7 Å². The van der Waals surface area contributed by atoms with Crippen LogP contribution in [0.3, 0.4) is 0 Å². The summed E-state index contributed by atoms with van der Waals surface area (Å²) in [6.07, 6.45) is 2.47. The van der Waals surface area contributed by atoms with Gasteiger partial charge in [0.1, 0.15) is 11.6 Å². The number of methoxy groups -OCH3 is 1. The minimum atomic E-state index is 0.584. The zero-order valence-corrected chi connectivity index (χ0v) is 12.0. The van der Waals surface area contributed by atoms with Gasteiger partial charge in [0.25, 0.3) is 0 Å². The topological polar surface area (TPSA) is 73.1 Å². The van der Waals surface area contributed by atoms with Crippen LogP contribution in [0.2, 0.25) is 0 Å². The minimum absolute atomic E-state index is 0.584. The van der Waals surface area contributed by atoms with Crippen LogP contribution in [0.1, 0.15) is 11.7 Å². The minimum Gasteiger partial charge on any atom is -0.497 e. The number of hydrogen-bond acceptors (Lipinski definition) is 6. The van der Waals surface area contributed by atoms with Gasteiger partial charge < -0.3 is 14.6 Å². The first-order valence-electron chi connectivity index (χ1n) is 6.72. The highest BCUT2D eigenvalue weighted by Crippen LogP contribution is 2.25. The van der Waals surface area contributed by atoms with Crippen molar-refractivity contribution in [2.75, 3.05) is 19.0 Å². The highest BCUT2D eigenvalue weighted by molar-refractivity contribution is 5.92. The van der Waals surface area contributed by atoms with Crippen LogP contribution in [0.4, 0.5) is 5.82 Å². The van der Waals surface area contributed by atoms with Crippen molar-refractivity contribution in [2.24, 2.45) is 0 Å². The Labute approximate surface area is 122 Å². The Kier molecular flexibility index (Phi) is 3.68. The number of aromatic nitrogens is 3. The number of nitrogens with one attached hydrogen (secondary N) is 1. The first kappa shape index (κ1) is 13.4. The molecule has 6 heteroatoms. The molecule has 0 radical (unpaired) electrons. The van der Waals surface area contributed by atoms with Crippen molar-refractivity contribution in [3.05, 3.63) is 42.2 Å². The third kappa shape index (κ3) is 2.94. The number of ether oxygens (including phenoxy) is 1. The third-order valence-electron chi connectivity index (χ3n) is 3.18. The van der Waals surface area contributed by atoms with Crippen LogP contribution >= 0.6 is 0 Å². The van der Waals surface area contributed by atoms with Crippen molar-refractivity contribution in [1.29, 1.82) is 0 Å². The van der Waals surface area contributed by atoms with Crippen LogP contribution in [0.15, 0.2) is 35.0 Å². The van der Waals surface area contributed by atoms with Gasteiger partial charge in [-0.15, -0.1) is 0 Å². The standard InChI is InChI=1S/C15H16N4O2/c1-10-18-14(19-21-10)6-8-17-15-13-4-3-12(20-2)9-11(13)5-7-16-15/h3-5,7,9H,6,8H2,1-2H3,(H,16,17). The maximum Gasteiger partial charge on any atom is 0.223 e. The Morgan fingerprint density at radius 1 is 1.29 bits per heavy atom. The zero-order chi connectivity index (χ0) is 14.7. The maximum absolute atomic E-state index is 5.24. The number of hydrogen-bond donors (Lipinski definition) is 1. The molecule has 0 saturated carbocycles. The molecule has 0 aliphatic rings. The van der Waals surface area contributed by atoms with E-state index in [1.807, 2.05) is 24.3 Å². The lowest BCUT2D eigenvalue weighted by atomic mass is 10.1. The Bertz CT molecular complexity index is 754. The van der Waals surface area contributed by atoms with Crippen molar-refractivity contribution in [3.63, 3.8) is 0 Å². The molecule has 6 nitrogen and oxygen atoms in total. The predicted molar refractivity (Wildman–Crippen MR) is 79.5 cm³/mol. The number of nitrogens with zero attached hydrogens (tertiary/aromatic N) is 3. The highest BCUT2D eigenvalue weighted by Gasteiger charge is 2.05. The van der Waals surface area contributed by atoms with E-state index in [1.54, 1.807) is 20.2 Å². The largest absolute Gasteiger partial charge is 0.497 e. The van der Waals surface area contributed by atoms with E-state index in [0.29, 0.717) is 24.7 Å². The molecule has 0 atom stereocenters.